The number of nitrogens with zero attached hydrogens (tertiary/aromatic N) is 1. The van der Waals surface area contributed by atoms with Crippen molar-refractivity contribution in [1.29, 1.82) is 0 Å². The van der Waals surface area contributed by atoms with Gasteiger partial charge in [-0.1, -0.05) is 12.1 Å². The van der Waals surface area contributed by atoms with Gasteiger partial charge in [-0.25, -0.2) is 4.79 Å². The Morgan fingerprint density at radius 2 is 1.86 bits per heavy atom. The van der Waals surface area contributed by atoms with Gasteiger partial charge in [0.15, 0.2) is 0 Å². The summed E-state index contributed by atoms with van der Waals surface area (Å²) in [5.41, 5.74) is 1.90. The van der Waals surface area contributed by atoms with Crippen molar-refractivity contribution in [3.63, 3.8) is 0 Å². The van der Waals surface area contributed by atoms with E-state index in [4.69, 9.17) is 4.42 Å². The molecule has 1 aromatic heterocycles. The Balaban J connectivity index is 1.83. The molecule has 1 saturated heterocycles. The summed E-state index contributed by atoms with van der Waals surface area (Å²) in [6, 6.07) is 8.09. The first-order valence-corrected chi connectivity index (χ1v) is 8.62. The zero-order chi connectivity index (χ0) is 15.9. The molecule has 0 amide bonds. The molecule has 1 aliphatic heterocycles. The van der Waals surface area contributed by atoms with Crippen molar-refractivity contribution < 1.29 is 4.42 Å². The molecule has 2 heterocycles. The maximum atomic E-state index is 11.7. The summed E-state index contributed by atoms with van der Waals surface area (Å²) in [5, 5.41) is 0.961. The molecule has 1 aromatic carbocycles. The van der Waals surface area contributed by atoms with E-state index in [1.54, 1.807) is 0 Å². The Morgan fingerprint density at radius 1 is 1.18 bits per heavy atom. The van der Waals surface area contributed by atoms with E-state index >= 15 is 0 Å². The molecule has 0 aliphatic carbocycles. The van der Waals surface area contributed by atoms with E-state index in [1.807, 2.05) is 12.1 Å². The van der Waals surface area contributed by atoms with Crippen LogP contribution >= 0.6 is 15.9 Å². The van der Waals surface area contributed by atoms with Crippen LogP contribution in [-0.2, 0) is 0 Å². The number of likely N-dealkylation sites (tertiary alicyclic amines) is 1. The third-order valence-corrected chi connectivity index (χ3v) is 5.19. The zero-order valence-electron chi connectivity index (χ0n) is 13.4. The molecule has 0 spiro atoms. The molecular weight excluding hydrogens is 342 g/mol. The maximum Gasteiger partial charge on any atom is 0.350 e. The Kier molecular flexibility index (Phi) is 4.17. The number of benzene rings is 1. The van der Waals surface area contributed by atoms with E-state index in [1.165, 1.54) is 5.56 Å². The van der Waals surface area contributed by atoms with E-state index in [0.717, 1.165) is 31.3 Å². The minimum atomic E-state index is -0.313. The molecule has 1 aliphatic rings. The molecule has 0 bridgehead atoms. The van der Waals surface area contributed by atoms with Crippen LogP contribution in [0, 0.1) is 0 Å². The average molecular weight is 364 g/mol. The average Bonchev–Trinajstić information content (AvgIpc) is 2.47. The molecule has 2 aromatic rings. The summed E-state index contributed by atoms with van der Waals surface area (Å²) >= 11 is 3.22. The second kappa shape index (κ2) is 5.82. The van der Waals surface area contributed by atoms with Crippen molar-refractivity contribution in [2.24, 2.45) is 0 Å². The molecule has 0 radical (unpaired) electrons. The molecule has 0 saturated carbocycles. The van der Waals surface area contributed by atoms with E-state index in [-0.39, 0.29) is 11.2 Å². The number of hydrogen-bond acceptors (Lipinski definition) is 3. The first-order valence-electron chi connectivity index (χ1n) is 7.83. The highest BCUT2D eigenvalue weighted by molar-refractivity contribution is 9.10. The monoisotopic (exact) mass is 363 g/mol. The van der Waals surface area contributed by atoms with Crippen LogP contribution in [0.4, 0.5) is 0 Å². The van der Waals surface area contributed by atoms with Crippen molar-refractivity contribution in [2.45, 2.75) is 45.1 Å². The van der Waals surface area contributed by atoms with Gasteiger partial charge in [-0.3, -0.25) is 4.90 Å². The summed E-state index contributed by atoms with van der Waals surface area (Å²) in [5.74, 6) is 0.553. The standard InChI is InChI=1S/C18H22BrNO2/c1-18(2,3)20-8-6-12(7-9-20)13-4-5-14-10-15(19)17(21)22-16(14)11-13/h4-5,10-12H,6-9H2,1-3H3. The third-order valence-electron chi connectivity index (χ3n) is 4.63. The second-order valence-electron chi connectivity index (χ2n) is 7.11. The minimum Gasteiger partial charge on any atom is -0.422 e. The van der Waals surface area contributed by atoms with Gasteiger partial charge in [0.25, 0.3) is 0 Å². The highest BCUT2D eigenvalue weighted by Gasteiger charge is 2.27. The summed E-state index contributed by atoms with van der Waals surface area (Å²) in [7, 11) is 0. The van der Waals surface area contributed by atoms with Crippen molar-refractivity contribution in [3.8, 4) is 0 Å². The highest BCUT2D eigenvalue weighted by atomic mass is 79.9. The van der Waals surface area contributed by atoms with Gasteiger partial charge in [-0.2, -0.15) is 0 Å². The molecule has 22 heavy (non-hydrogen) atoms. The van der Waals surface area contributed by atoms with E-state index < -0.39 is 0 Å². The lowest BCUT2D eigenvalue weighted by Gasteiger charge is -2.41. The Morgan fingerprint density at radius 3 is 2.50 bits per heavy atom. The number of halogens is 1. The SMILES string of the molecule is CC(C)(C)N1CCC(c2ccc3cc(Br)c(=O)oc3c2)CC1. The predicted octanol–water partition coefficient (Wildman–Crippen LogP) is 4.53. The lowest BCUT2D eigenvalue weighted by atomic mass is 9.87. The van der Waals surface area contributed by atoms with Crippen molar-refractivity contribution in [1.82, 2.24) is 4.90 Å². The van der Waals surface area contributed by atoms with Gasteiger partial charge in [-0.05, 0) is 86.2 Å². The largest absolute Gasteiger partial charge is 0.422 e. The second-order valence-corrected chi connectivity index (χ2v) is 7.97. The number of hydrogen-bond donors (Lipinski definition) is 0. The Bertz CT molecular complexity index is 737. The van der Waals surface area contributed by atoms with Gasteiger partial charge in [0.2, 0.25) is 0 Å². The van der Waals surface area contributed by atoms with Crippen molar-refractivity contribution >= 4 is 26.9 Å². The quantitative estimate of drug-likeness (QED) is 0.697. The van der Waals surface area contributed by atoms with Crippen LogP contribution in [-0.4, -0.2) is 23.5 Å². The van der Waals surface area contributed by atoms with Crippen molar-refractivity contribution in [3.05, 3.63) is 44.7 Å². The lowest BCUT2D eigenvalue weighted by Crippen LogP contribution is -2.45. The normalized spacial score (nSPS) is 18.0. The van der Waals surface area contributed by atoms with E-state index in [9.17, 15) is 4.79 Å². The summed E-state index contributed by atoms with van der Waals surface area (Å²) < 4.78 is 5.86. The lowest BCUT2D eigenvalue weighted by molar-refractivity contribution is 0.102. The molecule has 1 fully saturated rings. The molecule has 3 nitrogen and oxygen atoms in total. The van der Waals surface area contributed by atoms with Crippen LogP contribution in [0.3, 0.4) is 0 Å². The molecule has 0 N–H and O–H groups in total. The molecular formula is C18H22BrNO2. The number of rotatable bonds is 1. The first-order chi connectivity index (χ1) is 10.3. The summed E-state index contributed by atoms with van der Waals surface area (Å²) in [4.78, 5) is 14.2. The fourth-order valence-corrected chi connectivity index (χ4v) is 3.57. The van der Waals surface area contributed by atoms with Gasteiger partial charge >= 0.3 is 5.63 Å². The Labute approximate surface area is 139 Å². The topological polar surface area (TPSA) is 33.5 Å². The van der Waals surface area contributed by atoms with Crippen LogP contribution < -0.4 is 5.63 Å². The molecule has 4 heteroatoms. The fraction of sp³-hybridized carbons (Fsp3) is 0.500. The van der Waals surface area contributed by atoms with Gasteiger partial charge in [0.05, 0.1) is 0 Å². The third kappa shape index (κ3) is 3.13. The first kappa shape index (κ1) is 15.8. The van der Waals surface area contributed by atoms with Crippen LogP contribution in [0.15, 0.2) is 37.9 Å². The molecule has 0 unspecified atom stereocenters. The zero-order valence-corrected chi connectivity index (χ0v) is 14.9. The maximum absolute atomic E-state index is 11.7. The smallest absolute Gasteiger partial charge is 0.350 e. The molecule has 118 valence electrons. The van der Waals surface area contributed by atoms with Gasteiger partial charge in [0.1, 0.15) is 10.1 Å². The summed E-state index contributed by atoms with van der Waals surface area (Å²) in [6.07, 6.45) is 2.31. The van der Waals surface area contributed by atoms with Crippen LogP contribution in [0.1, 0.15) is 45.1 Å². The van der Waals surface area contributed by atoms with E-state index in [0.29, 0.717) is 16.0 Å². The van der Waals surface area contributed by atoms with E-state index in [2.05, 4.69) is 53.7 Å². The van der Waals surface area contributed by atoms with Gasteiger partial charge < -0.3 is 4.42 Å². The number of piperidine rings is 1. The number of fused-ring (bicyclic) bond motifs is 1. The van der Waals surface area contributed by atoms with Crippen LogP contribution in [0.5, 0.6) is 0 Å². The highest BCUT2D eigenvalue weighted by Crippen LogP contribution is 2.32. The Hall–Kier alpha value is -1.13. The van der Waals surface area contributed by atoms with Crippen LogP contribution in [0.25, 0.3) is 11.0 Å². The summed E-state index contributed by atoms with van der Waals surface area (Å²) in [6.45, 7) is 9.06. The van der Waals surface area contributed by atoms with Gasteiger partial charge in [-0.15, -0.1) is 0 Å². The predicted molar refractivity (Wildman–Crippen MR) is 93.5 cm³/mol. The van der Waals surface area contributed by atoms with Gasteiger partial charge in [0, 0.05) is 10.9 Å². The van der Waals surface area contributed by atoms with Crippen LogP contribution in [0.2, 0.25) is 0 Å². The molecule has 3 rings (SSSR count). The molecule has 0 atom stereocenters. The fourth-order valence-electron chi connectivity index (χ4n) is 3.24. The van der Waals surface area contributed by atoms with Crippen molar-refractivity contribution in [2.75, 3.05) is 13.1 Å². The minimum absolute atomic E-state index is 0.243.